The second-order valence-electron chi connectivity index (χ2n) is 6.58. The fraction of sp³-hybridized carbons (Fsp3) is 0.130. The van der Waals surface area contributed by atoms with Gasteiger partial charge in [0.1, 0.15) is 5.56 Å². The van der Waals surface area contributed by atoms with E-state index < -0.39 is 0 Å². The molecule has 0 aliphatic carbocycles. The van der Waals surface area contributed by atoms with Crippen molar-refractivity contribution in [3.05, 3.63) is 100 Å². The largest absolute Gasteiger partial charge is 0.334 e. The van der Waals surface area contributed by atoms with E-state index in [4.69, 9.17) is 0 Å². The van der Waals surface area contributed by atoms with Gasteiger partial charge in [0.2, 0.25) is 0 Å². The quantitative estimate of drug-likeness (QED) is 0.772. The van der Waals surface area contributed by atoms with Crippen molar-refractivity contribution in [2.24, 2.45) is 0 Å². The van der Waals surface area contributed by atoms with Gasteiger partial charge in [-0.15, -0.1) is 0 Å². The Morgan fingerprint density at radius 1 is 0.852 bits per heavy atom. The Hall–Kier alpha value is -3.40. The lowest BCUT2D eigenvalue weighted by Crippen LogP contribution is -2.37. The van der Waals surface area contributed by atoms with Crippen LogP contribution in [0, 0.1) is 0 Å². The maximum Gasteiger partial charge on any atom is 0.261 e. The van der Waals surface area contributed by atoms with Gasteiger partial charge >= 0.3 is 0 Å². The number of nitrogens with zero attached hydrogens (tertiary/aromatic N) is 1. The third-order valence-electron chi connectivity index (χ3n) is 4.87. The van der Waals surface area contributed by atoms with E-state index in [1.807, 2.05) is 48.5 Å². The van der Waals surface area contributed by atoms with Crippen molar-refractivity contribution < 1.29 is 4.79 Å². The molecule has 0 atom stereocenters. The summed E-state index contributed by atoms with van der Waals surface area (Å²) in [6.45, 7) is 1.13. The van der Waals surface area contributed by atoms with Gasteiger partial charge in [-0.3, -0.25) is 9.59 Å². The Balaban J connectivity index is 1.52. The molecule has 134 valence electrons. The summed E-state index contributed by atoms with van der Waals surface area (Å²) in [5, 5.41) is 0. The van der Waals surface area contributed by atoms with E-state index >= 15 is 0 Å². The highest BCUT2D eigenvalue weighted by molar-refractivity contribution is 5.94. The zero-order chi connectivity index (χ0) is 18.6. The molecule has 3 aromatic rings. The standard InChI is InChI=1S/C23H20N2O2/c26-22-20(11-12-21(24-22)19-9-5-2-6-10-19)23(27)25-15-13-18(14-16-25)17-7-3-1-4-8-17/h1-13H,14-16H2,(H,24,26). The number of pyridine rings is 1. The average Bonchev–Trinajstić information content (AvgIpc) is 2.74. The summed E-state index contributed by atoms with van der Waals surface area (Å²) in [5.41, 5.74) is 3.90. The summed E-state index contributed by atoms with van der Waals surface area (Å²) in [6, 6.07) is 23.2. The molecule has 0 unspecified atom stereocenters. The number of rotatable bonds is 3. The molecule has 1 amide bonds. The van der Waals surface area contributed by atoms with Crippen molar-refractivity contribution in [2.45, 2.75) is 6.42 Å². The third kappa shape index (κ3) is 3.60. The highest BCUT2D eigenvalue weighted by atomic mass is 16.2. The number of hydrogen-bond acceptors (Lipinski definition) is 2. The maximum absolute atomic E-state index is 12.8. The fourth-order valence-electron chi connectivity index (χ4n) is 3.37. The van der Waals surface area contributed by atoms with Crippen molar-refractivity contribution in [2.75, 3.05) is 13.1 Å². The summed E-state index contributed by atoms with van der Waals surface area (Å²) in [4.78, 5) is 29.8. The number of carbonyl (C=O) groups excluding carboxylic acids is 1. The molecular weight excluding hydrogens is 336 g/mol. The molecule has 0 radical (unpaired) electrons. The van der Waals surface area contributed by atoms with Crippen LogP contribution in [0.3, 0.4) is 0 Å². The molecule has 0 spiro atoms. The van der Waals surface area contributed by atoms with E-state index in [1.165, 1.54) is 11.1 Å². The van der Waals surface area contributed by atoms with Gasteiger partial charge in [0.15, 0.2) is 0 Å². The van der Waals surface area contributed by atoms with Gasteiger partial charge in [-0.2, -0.15) is 0 Å². The van der Waals surface area contributed by atoms with Crippen molar-refractivity contribution in [1.29, 1.82) is 0 Å². The molecule has 1 aliphatic rings. The predicted octanol–water partition coefficient (Wildman–Crippen LogP) is 3.97. The number of H-pyrrole nitrogens is 1. The molecule has 1 aliphatic heterocycles. The highest BCUT2D eigenvalue weighted by Gasteiger charge is 2.21. The molecule has 0 saturated carbocycles. The van der Waals surface area contributed by atoms with Crippen LogP contribution < -0.4 is 5.56 Å². The lowest BCUT2D eigenvalue weighted by Gasteiger charge is -2.26. The van der Waals surface area contributed by atoms with Crippen LogP contribution >= 0.6 is 0 Å². The molecule has 27 heavy (non-hydrogen) atoms. The van der Waals surface area contributed by atoms with Crippen LogP contribution in [-0.2, 0) is 0 Å². The number of amides is 1. The van der Waals surface area contributed by atoms with Gasteiger partial charge in [-0.1, -0.05) is 66.7 Å². The topological polar surface area (TPSA) is 53.2 Å². The Morgan fingerprint density at radius 3 is 2.11 bits per heavy atom. The highest BCUT2D eigenvalue weighted by Crippen LogP contribution is 2.23. The summed E-state index contributed by atoms with van der Waals surface area (Å²) in [6.07, 6.45) is 2.86. The van der Waals surface area contributed by atoms with Gasteiger partial charge in [-0.25, -0.2) is 0 Å². The molecule has 0 bridgehead atoms. The van der Waals surface area contributed by atoms with Crippen LogP contribution in [0.4, 0.5) is 0 Å². The second kappa shape index (κ2) is 7.46. The number of aromatic nitrogens is 1. The van der Waals surface area contributed by atoms with Crippen LogP contribution in [0.25, 0.3) is 16.8 Å². The zero-order valence-electron chi connectivity index (χ0n) is 14.9. The molecular formula is C23H20N2O2. The molecule has 4 nitrogen and oxygen atoms in total. The Labute approximate surface area is 157 Å². The summed E-state index contributed by atoms with van der Waals surface area (Å²) < 4.78 is 0. The van der Waals surface area contributed by atoms with Crippen LogP contribution in [0.1, 0.15) is 22.3 Å². The molecule has 1 aromatic heterocycles. The van der Waals surface area contributed by atoms with Gasteiger partial charge in [-0.05, 0) is 35.3 Å². The fourth-order valence-corrected chi connectivity index (χ4v) is 3.37. The first kappa shape index (κ1) is 17.0. The molecule has 2 aromatic carbocycles. The number of hydrogen-bond donors (Lipinski definition) is 1. The molecule has 4 rings (SSSR count). The van der Waals surface area contributed by atoms with Crippen LogP contribution in [-0.4, -0.2) is 28.9 Å². The van der Waals surface area contributed by atoms with Crippen LogP contribution in [0.15, 0.2) is 83.7 Å². The Morgan fingerprint density at radius 2 is 1.52 bits per heavy atom. The van der Waals surface area contributed by atoms with E-state index in [0.717, 1.165) is 12.0 Å². The van der Waals surface area contributed by atoms with Gasteiger partial charge < -0.3 is 9.88 Å². The zero-order valence-corrected chi connectivity index (χ0v) is 14.9. The molecule has 1 N–H and O–H groups in total. The summed E-state index contributed by atoms with van der Waals surface area (Å²) >= 11 is 0. The van der Waals surface area contributed by atoms with Crippen molar-refractivity contribution in [3.8, 4) is 11.3 Å². The predicted molar refractivity (Wildman–Crippen MR) is 107 cm³/mol. The smallest absolute Gasteiger partial charge is 0.261 e. The number of carbonyl (C=O) groups is 1. The van der Waals surface area contributed by atoms with Crippen LogP contribution in [0.5, 0.6) is 0 Å². The first-order valence-electron chi connectivity index (χ1n) is 9.05. The van der Waals surface area contributed by atoms with Crippen molar-refractivity contribution in [3.63, 3.8) is 0 Å². The van der Waals surface area contributed by atoms with Gasteiger partial charge in [0, 0.05) is 18.8 Å². The summed E-state index contributed by atoms with van der Waals surface area (Å²) in [5.74, 6) is -0.223. The first-order chi connectivity index (χ1) is 13.2. The maximum atomic E-state index is 12.8. The number of nitrogens with one attached hydrogen (secondary N) is 1. The van der Waals surface area contributed by atoms with E-state index in [1.54, 1.807) is 17.0 Å². The molecule has 2 heterocycles. The van der Waals surface area contributed by atoms with Crippen LogP contribution in [0.2, 0.25) is 0 Å². The van der Waals surface area contributed by atoms with E-state index in [-0.39, 0.29) is 17.0 Å². The lowest BCUT2D eigenvalue weighted by molar-refractivity contribution is 0.0771. The number of benzene rings is 2. The second-order valence-corrected chi connectivity index (χ2v) is 6.58. The Bertz CT molecular complexity index is 1040. The van der Waals surface area contributed by atoms with E-state index in [0.29, 0.717) is 18.8 Å². The third-order valence-corrected chi connectivity index (χ3v) is 4.87. The number of aromatic amines is 1. The van der Waals surface area contributed by atoms with Crippen molar-refractivity contribution >= 4 is 11.5 Å². The Kier molecular flexibility index (Phi) is 4.71. The SMILES string of the molecule is O=C(c1ccc(-c2ccccc2)[nH]c1=O)N1CC=C(c2ccccc2)CC1. The lowest BCUT2D eigenvalue weighted by atomic mass is 9.99. The minimum Gasteiger partial charge on any atom is -0.334 e. The van der Waals surface area contributed by atoms with Gasteiger partial charge in [0.05, 0.1) is 0 Å². The molecule has 0 fully saturated rings. The van der Waals surface area contributed by atoms with Gasteiger partial charge in [0.25, 0.3) is 11.5 Å². The average molecular weight is 356 g/mol. The minimum absolute atomic E-state index is 0.186. The molecule has 0 saturated heterocycles. The van der Waals surface area contributed by atoms with Crippen molar-refractivity contribution in [1.82, 2.24) is 9.88 Å². The van der Waals surface area contributed by atoms with E-state index in [9.17, 15) is 9.59 Å². The summed E-state index contributed by atoms with van der Waals surface area (Å²) in [7, 11) is 0. The minimum atomic E-state index is -0.348. The molecule has 4 heteroatoms. The normalized spacial score (nSPS) is 13.9. The first-order valence-corrected chi connectivity index (χ1v) is 9.05. The van der Waals surface area contributed by atoms with E-state index in [2.05, 4.69) is 23.2 Å². The monoisotopic (exact) mass is 356 g/mol.